The molecule has 1 aliphatic heterocycles. The molecule has 0 spiro atoms. The van der Waals surface area contributed by atoms with Gasteiger partial charge in [-0.2, -0.15) is 0 Å². The Morgan fingerprint density at radius 3 is 2.86 bits per heavy atom. The molecule has 3 N–H and O–H groups in total. The van der Waals surface area contributed by atoms with Crippen molar-refractivity contribution in [2.24, 2.45) is 0 Å². The average molecular weight is 306 g/mol. The van der Waals surface area contributed by atoms with Crippen LogP contribution in [-0.2, 0) is 14.8 Å². The van der Waals surface area contributed by atoms with E-state index in [1.54, 1.807) is 30.3 Å². The van der Waals surface area contributed by atoms with Gasteiger partial charge in [0.2, 0.25) is 10.0 Å². The molecule has 21 heavy (non-hydrogen) atoms. The van der Waals surface area contributed by atoms with Gasteiger partial charge in [0.25, 0.3) is 0 Å². The molecule has 0 saturated carbocycles. The van der Waals surface area contributed by atoms with Gasteiger partial charge >= 0.3 is 0 Å². The molecule has 1 heterocycles. The summed E-state index contributed by atoms with van der Waals surface area (Å²) < 4.78 is 33.3. The highest BCUT2D eigenvalue weighted by Crippen LogP contribution is 2.25. The minimum Gasteiger partial charge on any atom is -0.399 e. The van der Waals surface area contributed by atoms with Crippen molar-refractivity contribution >= 4 is 26.5 Å². The van der Waals surface area contributed by atoms with Crippen LogP contribution in [0, 0.1) is 0 Å². The molecule has 1 atom stereocenters. The maximum absolute atomic E-state index is 12.6. The fourth-order valence-electron chi connectivity index (χ4n) is 2.62. The van der Waals surface area contributed by atoms with Crippen LogP contribution in [0.15, 0.2) is 41.3 Å². The summed E-state index contributed by atoms with van der Waals surface area (Å²) in [5, 5.41) is 1.49. The Morgan fingerprint density at radius 1 is 1.24 bits per heavy atom. The van der Waals surface area contributed by atoms with E-state index in [4.69, 9.17) is 10.5 Å². The van der Waals surface area contributed by atoms with Crippen LogP contribution in [0.5, 0.6) is 0 Å². The SMILES string of the molecule is Nc1ccc2c(S(=O)(=O)NC3CCCOC3)cccc2c1. The van der Waals surface area contributed by atoms with E-state index >= 15 is 0 Å². The van der Waals surface area contributed by atoms with Crippen molar-refractivity contribution in [2.45, 2.75) is 23.8 Å². The van der Waals surface area contributed by atoms with E-state index in [1.165, 1.54) is 0 Å². The number of nitrogens with two attached hydrogens (primary N) is 1. The third kappa shape index (κ3) is 3.02. The van der Waals surface area contributed by atoms with E-state index in [9.17, 15) is 8.42 Å². The zero-order chi connectivity index (χ0) is 14.9. The number of ether oxygens (including phenoxy) is 1. The monoisotopic (exact) mass is 306 g/mol. The van der Waals surface area contributed by atoms with E-state index < -0.39 is 10.0 Å². The molecule has 112 valence electrons. The van der Waals surface area contributed by atoms with Gasteiger partial charge in [0, 0.05) is 23.7 Å². The fraction of sp³-hybridized carbons (Fsp3) is 0.333. The fourth-order valence-corrected chi connectivity index (χ4v) is 4.11. The number of anilines is 1. The van der Waals surface area contributed by atoms with Gasteiger partial charge in [-0.05, 0) is 36.4 Å². The molecular formula is C15H18N2O3S. The molecule has 1 aliphatic rings. The second-order valence-corrected chi connectivity index (χ2v) is 6.95. The van der Waals surface area contributed by atoms with Crippen molar-refractivity contribution in [1.82, 2.24) is 4.72 Å². The van der Waals surface area contributed by atoms with Crippen LogP contribution in [0.25, 0.3) is 10.8 Å². The molecule has 0 aromatic heterocycles. The molecule has 0 aliphatic carbocycles. The van der Waals surface area contributed by atoms with Crippen LogP contribution < -0.4 is 10.5 Å². The molecular weight excluding hydrogens is 288 g/mol. The van der Waals surface area contributed by atoms with Gasteiger partial charge in [0.05, 0.1) is 11.5 Å². The highest BCUT2D eigenvalue weighted by Gasteiger charge is 2.23. The van der Waals surface area contributed by atoms with Gasteiger partial charge in [-0.15, -0.1) is 0 Å². The third-order valence-corrected chi connectivity index (χ3v) is 5.21. The smallest absolute Gasteiger partial charge is 0.241 e. The summed E-state index contributed by atoms with van der Waals surface area (Å²) in [5.41, 5.74) is 6.37. The highest BCUT2D eigenvalue weighted by atomic mass is 32.2. The molecule has 3 rings (SSSR count). The van der Waals surface area contributed by atoms with Crippen molar-refractivity contribution in [1.29, 1.82) is 0 Å². The molecule has 2 aromatic rings. The number of hydrogen-bond donors (Lipinski definition) is 2. The quantitative estimate of drug-likeness (QED) is 0.848. The van der Waals surface area contributed by atoms with Crippen molar-refractivity contribution in [3.8, 4) is 0 Å². The predicted molar refractivity (Wildman–Crippen MR) is 82.5 cm³/mol. The van der Waals surface area contributed by atoms with E-state index in [-0.39, 0.29) is 10.9 Å². The van der Waals surface area contributed by atoms with Crippen molar-refractivity contribution < 1.29 is 13.2 Å². The number of sulfonamides is 1. The Balaban J connectivity index is 1.98. The van der Waals surface area contributed by atoms with Crippen LogP contribution in [0.4, 0.5) is 5.69 Å². The summed E-state index contributed by atoms with van der Waals surface area (Å²) in [6.45, 7) is 1.13. The first-order chi connectivity index (χ1) is 10.1. The maximum atomic E-state index is 12.6. The normalized spacial score (nSPS) is 19.7. The zero-order valence-corrected chi connectivity index (χ0v) is 12.4. The number of fused-ring (bicyclic) bond motifs is 1. The van der Waals surface area contributed by atoms with E-state index in [0.717, 1.165) is 18.2 Å². The van der Waals surface area contributed by atoms with Gasteiger partial charge in [0.15, 0.2) is 0 Å². The lowest BCUT2D eigenvalue weighted by atomic mass is 10.1. The average Bonchev–Trinajstić information content (AvgIpc) is 2.47. The Hall–Kier alpha value is -1.63. The molecule has 0 amide bonds. The number of nitrogens with one attached hydrogen (secondary N) is 1. The van der Waals surface area contributed by atoms with Gasteiger partial charge < -0.3 is 10.5 Å². The summed E-state index contributed by atoms with van der Waals surface area (Å²) in [5.74, 6) is 0. The molecule has 1 fully saturated rings. The molecule has 1 unspecified atom stereocenters. The number of nitrogen functional groups attached to an aromatic ring is 1. The van der Waals surface area contributed by atoms with Crippen molar-refractivity contribution in [3.63, 3.8) is 0 Å². The van der Waals surface area contributed by atoms with Gasteiger partial charge in [0.1, 0.15) is 0 Å². The molecule has 6 heteroatoms. The Morgan fingerprint density at radius 2 is 2.10 bits per heavy atom. The predicted octanol–water partition coefficient (Wildman–Crippen LogP) is 1.88. The molecule has 1 saturated heterocycles. The number of hydrogen-bond acceptors (Lipinski definition) is 4. The Labute approximate surface area is 124 Å². The largest absolute Gasteiger partial charge is 0.399 e. The van der Waals surface area contributed by atoms with Gasteiger partial charge in [-0.3, -0.25) is 0 Å². The van der Waals surface area contributed by atoms with E-state index in [0.29, 0.717) is 24.3 Å². The lowest BCUT2D eigenvalue weighted by Crippen LogP contribution is -2.40. The van der Waals surface area contributed by atoms with E-state index in [2.05, 4.69) is 4.72 Å². The van der Waals surface area contributed by atoms with Crippen molar-refractivity contribution in [3.05, 3.63) is 36.4 Å². The van der Waals surface area contributed by atoms with Crippen LogP contribution in [-0.4, -0.2) is 27.7 Å². The second kappa shape index (κ2) is 5.63. The lowest BCUT2D eigenvalue weighted by molar-refractivity contribution is 0.0774. The van der Waals surface area contributed by atoms with Crippen LogP contribution >= 0.6 is 0 Å². The van der Waals surface area contributed by atoms with Crippen LogP contribution in [0.1, 0.15) is 12.8 Å². The first kappa shape index (κ1) is 14.3. The molecule has 5 nitrogen and oxygen atoms in total. The molecule has 0 radical (unpaired) electrons. The maximum Gasteiger partial charge on any atom is 0.241 e. The number of benzene rings is 2. The highest BCUT2D eigenvalue weighted by molar-refractivity contribution is 7.89. The summed E-state index contributed by atoms with van der Waals surface area (Å²) in [6, 6.07) is 10.3. The lowest BCUT2D eigenvalue weighted by Gasteiger charge is -2.23. The summed E-state index contributed by atoms with van der Waals surface area (Å²) in [4.78, 5) is 0.283. The summed E-state index contributed by atoms with van der Waals surface area (Å²) >= 11 is 0. The van der Waals surface area contributed by atoms with E-state index in [1.807, 2.05) is 6.07 Å². The van der Waals surface area contributed by atoms with Crippen molar-refractivity contribution in [2.75, 3.05) is 18.9 Å². The summed E-state index contributed by atoms with van der Waals surface area (Å²) in [7, 11) is -3.57. The first-order valence-corrected chi connectivity index (χ1v) is 8.43. The topological polar surface area (TPSA) is 81.4 Å². The minimum atomic E-state index is -3.57. The van der Waals surface area contributed by atoms with Gasteiger partial charge in [-0.25, -0.2) is 13.1 Å². The molecule has 0 bridgehead atoms. The second-order valence-electron chi connectivity index (χ2n) is 5.27. The Kier molecular flexibility index (Phi) is 3.84. The third-order valence-electron chi connectivity index (χ3n) is 3.64. The first-order valence-electron chi connectivity index (χ1n) is 6.94. The standard InChI is InChI=1S/C15H18N2O3S/c16-12-6-7-14-11(9-12)3-1-5-15(14)21(18,19)17-13-4-2-8-20-10-13/h1,3,5-7,9,13,17H,2,4,8,10,16H2. The van der Waals surface area contributed by atoms with Crippen LogP contribution in [0.2, 0.25) is 0 Å². The van der Waals surface area contributed by atoms with Crippen LogP contribution in [0.3, 0.4) is 0 Å². The Bertz CT molecular complexity index is 753. The summed E-state index contributed by atoms with van der Waals surface area (Å²) in [6.07, 6.45) is 1.68. The number of rotatable bonds is 3. The molecule has 2 aromatic carbocycles. The minimum absolute atomic E-state index is 0.159. The zero-order valence-electron chi connectivity index (χ0n) is 11.6. The van der Waals surface area contributed by atoms with Gasteiger partial charge in [-0.1, -0.05) is 18.2 Å².